The molecular weight excluding hydrogens is 536 g/mol. The van der Waals surface area contributed by atoms with Gasteiger partial charge >= 0.3 is 5.97 Å². The normalized spacial score (nSPS) is 11.8. The van der Waals surface area contributed by atoms with Crippen molar-refractivity contribution >= 4 is 34.4 Å². The summed E-state index contributed by atoms with van der Waals surface area (Å²) in [5.41, 5.74) is 7.70. The van der Waals surface area contributed by atoms with Crippen LogP contribution < -0.4 is 10.1 Å². The van der Waals surface area contributed by atoms with Crippen molar-refractivity contribution in [2.45, 2.75) is 33.4 Å². The van der Waals surface area contributed by atoms with Gasteiger partial charge in [0.2, 0.25) is 0 Å². The SMILES string of the molecule is COc1ccc([C@H](C)NC(=O)c2ccc3c(c2)c(C)c(C)n3Cc2ccc(-c3ccccc3C(=O)O)cc2)cc1Cl. The maximum Gasteiger partial charge on any atom is 0.336 e. The van der Waals surface area contributed by atoms with Crippen LogP contribution in [-0.2, 0) is 6.54 Å². The second-order valence-electron chi connectivity index (χ2n) is 10.2. The van der Waals surface area contributed by atoms with Crippen LogP contribution in [0.5, 0.6) is 5.75 Å². The Morgan fingerprint density at radius 1 is 0.976 bits per heavy atom. The first kappa shape index (κ1) is 28.0. The number of nitrogens with one attached hydrogen (secondary N) is 1. The molecule has 0 saturated carbocycles. The number of benzene rings is 4. The van der Waals surface area contributed by atoms with E-state index in [1.807, 2.05) is 67.6 Å². The Morgan fingerprint density at radius 2 is 1.71 bits per heavy atom. The van der Waals surface area contributed by atoms with Crippen LogP contribution in [0.25, 0.3) is 22.0 Å². The molecule has 2 N–H and O–H groups in total. The standard InChI is InChI=1S/C34H31ClN2O4/c1-20-22(3)37(19-23-9-11-24(12-10-23)27-7-5-6-8-28(27)34(39)40)31-15-13-26(17-29(20)31)33(38)36-21(2)25-14-16-32(41-4)30(35)18-25/h5-18,21H,19H2,1-4H3,(H,36,38)(H,39,40)/t21-/m0/s1. The fourth-order valence-electron chi connectivity index (χ4n) is 5.20. The third kappa shape index (κ3) is 5.56. The molecule has 0 aliphatic heterocycles. The van der Waals surface area contributed by atoms with Crippen LogP contribution in [0, 0.1) is 13.8 Å². The average molecular weight is 567 g/mol. The highest BCUT2D eigenvalue weighted by Gasteiger charge is 2.17. The zero-order valence-electron chi connectivity index (χ0n) is 23.4. The smallest absolute Gasteiger partial charge is 0.336 e. The number of aryl methyl sites for hydroxylation is 1. The number of hydrogen-bond acceptors (Lipinski definition) is 3. The van der Waals surface area contributed by atoms with E-state index < -0.39 is 5.97 Å². The summed E-state index contributed by atoms with van der Waals surface area (Å²) in [7, 11) is 1.57. The Labute approximate surface area is 244 Å². The minimum Gasteiger partial charge on any atom is -0.495 e. The summed E-state index contributed by atoms with van der Waals surface area (Å²) >= 11 is 6.28. The van der Waals surface area contributed by atoms with E-state index in [0.29, 0.717) is 28.4 Å². The van der Waals surface area contributed by atoms with Gasteiger partial charge in [-0.3, -0.25) is 4.79 Å². The number of hydrogen-bond donors (Lipinski definition) is 2. The number of halogens is 1. The molecule has 5 rings (SSSR count). The maximum absolute atomic E-state index is 13.2. The van der Waals surface area contributed by atoms with Crippen molar-refractivity contribution in [3.8, 4) is 16.9 Å². The quantitative estimate of drug-likeness (QED) is 0.201. The molecule has 1 heterocycles. The molecule has 41 heavy (non-hydrogen) atoms. The lowest BCUT2D eigenvalue weighted by Crippen LogP contribution is -2.26. The van der Waals surface area contributed by atoms with E-state index in [2.05, 4.69) is 23.7 Å². The Bertz CT molecular complexity index is 1770. The summed E-state index contributed by atoms with van der Waals surface area (Å²) in [5, 5.41) is 14.1. The van der Waals surface area contributed by atoms with Gasteiger partial charge in [-0.1, -0.05) is 60.1 Å². The largest absolute Gasteiger partial charge is 0.495 e. The van der Waals surface area contributed by atoms with Crippen molar-refractivity contribution in [3.63, 3.8) is 0 Å². The molecule has 0 fully saturated rings. The van der Waals surface area contributed by atoms with Crippen molar-refractivity contribution in [2.75, 3.05) is 7.11 Å². The number of nitrogens with zero attached hydrogens (tertiary/aromatic N) is 1. The van der Waals surface area contributed by atoms with Crippen LogP contribution in [0.2, 0.25) is 5.02 Å². The van der Waals surface area contributed by atoms with Gasteiger partial charge in [-0.15, -0.1) is 0 Å². The number of carbonyl (C=O) groups is 2. The minimum absolute atomic E-state index is 0.159. The van der Waals surface area contributed by atoms with Crippen LogP contribution in [-0.4, -0.2) is 28.7 Å². The second kappa shape index (κ2) is 11.5. The monoisotopic (exact) mass is 566 g/mol. The van der Waals surface area contributed by atoms with E-state index in [1.165, 1.54) is 0 Å². The van der Waals surface area contributed by atoms with Gasteiger partial charge in [0, 0.05) is 28.7 Å². The molecule has 0 unspecified atom stereocenters. The van der Waals surface area contributed by atoms with Gasteiger partial charge in [0.15, 0.2) is 0 Å². The van der Waals surface area contributed by atoms with E-state index in [9.17, 15) is 14.7 Å². The highest BCUT2D eigenvalue weighted by Crippen LogP contribution is 2.30. The van der Waals surface area contributed by atoms with E-state index >= 15 is 0 Å². The van der Waals surface area contributed by atoms with E-state index in [-0.39, 0.29) is 17.5 Å². The molecule has 6 nitrogen and oxygen atoms in total. The molecular formula is C34H31ClN2O4. The molecule has 0 spiro atoms. The molecule has 0 aliphatic rings. The number of aromatic nitrogens is 1. The highest BCUT2D eigenvalue weighted by atomic mass is 35.5. The van der Waals surface area contributed by atoms with Crippen molar-refractivity contribution in [3.05, 3.63) is 123 Å². The molecule has 0 aliphatic carbocycles. The second-order valence-corrected chi connectivity index (χ2v) is 10.6. The van der Waals surface area contributed by atoms with Crippen LogP contribution in [0.1, 0.15) is 56.1 Å². The molecule has 1 amide bonds. The number of rotatable bonds is 8. The molecule has 7 heteroatoms. The Hall–Kier alpha value is -4.55. The first-order valence-corrected chi connectivity index (χ1v) is 13.7. The summed E-state index contributed by atoms with van der Waals surface area (Å²) in [4.78, 5) is 24.8. The van der Waals surface area contributed by atoms with Gasteiger partial charge in [-0.2, -0.15) is 0 Å². The lowest BCUT2D eigenvalue weighted by Gasteiger charge is -2.16. The van der Waals surface area contributed by atoms with Gasteiger partial charge < -0.3 is 19.7 Å². The molecule has 0 radical (unpaired) electrons. The number of aromatic carboxylic acids is 1. The summed E-state index contributed by atoms with van der Waals surface area (Å²) < 4.78 is 7.47. The van der Waals surface area contributed by atoms with Crippen LogP contribution >= 0.6 is 11.6 Å². The fourth-order valence-corrected chi connectivity index (χ4v) is 5.47. The van der Waals surface area contributed by atoms with Crippen molar-refractivity contribution in [1.29, 1.82) is 0 Å². The number of carboxylic acid groups (broad SMARTS) is 1. The molecule has 0 bridgehead atoms. The number of ether oxygens (including phenoxy) is 1. The van der Waals surface area contributed by atoms with Crippen molar-refractivity contribution in [2.24, 2.45) is 0 Å². The molecule has 4 aromatic carbocycles. The molecule has 1 aromatic heterocycles. The molecule has 5 aromatic rings. The predicted octanol–water partition coefficient (Wildman–Crippen LogP) is 7.82. The average Bonchev–Trinajstić information content (AvgIpc) is 3.21. The Morgan fingerprint density at radius 3 is 2.39 bits per heavy atom. The van der Waals surface area contributed by atoms with Gasteiger partial charge in [0.25, 0.3) is 5.91 Å². The van der Waals surface area contributed by atoms with E-state index in [4.69, 9.17) is 16.3 Å². The third-order valence-electron chi connectivity index (χ3n) is 7.69. The van der Waals surface area contributed by atoms with E-state index in [1.54, 1.807) is 31.4 Å². The fraction of sp³-hybridized carbons (Fsp3) is 0.176. The first-order chi connectivity index (χ1) is 19.7. The number of carboxylic acids is 1. The number of methoxy groups -OCH3 is 1. The van der Waals surface area contributed by atoms with Crippen LogP contribution in [0.15, 0.2) is 84.9 Å². The summed E-state index contributed by atoms with van der Waals surface area (Å²) in [6, 6.07) is 26.1. The zero-order valence-corrected chi connectivity index (χ0v) is 24.1. The predicted molar refractivity (Wildman–Crippen MR) is 163 cm³/mol. The third-order valence-corrected chi connectivity index (χ3v) is 7.98. The molecule has 1 atom stereocenters. The van der Waals surface area contributed by atoms with Gasteiger partial charge in [0.1, 0.15) is 5.75 Å². The summed E-state index contributed by atoms with van der Waals surface area (Å²) in [5.74, 6) is -0.509. The lowest BCUT2D eigenvalue weighted by atomic mass is 9.99. The Balaban J connectivity index is 1.37. The summed E-state index contributed by atoms with van der Waals surface area (Å²) in [6.45, 7) is 6.73. The van der Waals surface area contributed by atoms with Crippen molar-refractivity contribution < 1.29 is 19.4 Å². The minimum atomic E-state index is -0.942. The van der Waals surface area contributed by atoms with Crippen LogP contribution in [0.4, 0.5) is 0 Å². The van der Waals surface area contributed by atoms with Crippen LogP contribution in [0.3, 0.4) is 0 Å². The number of amides is 1. The lowest BCUT2D eigenvalue weighted by molar-refractivity contribution is 0.0697. The zero-order chi connectivity index (χ0) is 29.3. The summed E-state index contributed by atoms with van der Waals surface area (Å²) in [6.07, 6.45) is 0. The number of carbonyl (C=O) groups excluding carboxylic acids is 1. The number of fused-ring (bicyclic) bond motifs is 1. The first-order valence-electron chi connectivity index (χ1n) is 13.3. The van der Waals surface area contributed by atoms with E-state index in [0.717, 1.165) is 38.9 Å². The molecule has 0 saturated heterocycles. The maximum atomic E-state index is 13.2. The van der Waals surface area contributed by atoms with Crippen molar-refractivity contribution in [1.82, 2.24) is 9.88 Å². The molecule has 208 valence electrons. The highest BCUT2D eigenvalue weighted by molar-refractivity contribution is 6.32. The van der Waals surface area contributed by atoms with Gasteiger partial charge in [-0.05, 0) is 85.0 Å². The van der Waals surface area contributed by atoms with Gasteiger partial charge in [0.05, 0.1) is 23.7 Å². The topological polar surface area (TPSA) is 80.6 Å². The Kier molecular flexibility index (Phi) is 7.86. The van der Waals surface area contributed by atoms with Gasteiger partial charge in [-0.25, -0.2) is 4.79 Å².